The molecule has 0 spiro atoms. The molecule has 2 atom stereocenters. The van der Waals surface area contributed by atoms with Gasteiger partial charge in [0, 0.05) is 0 Å². The standard InChI is InChI=1S/C29H32O4/c1-4-20-28(30,26-21-31-27(2,3)33-26)22-32-29(23-14-8-5-9-15-23,24-16-10-6-11-17-24)25-18-12-7-13-19-25/h4-19,26,30H,1,20-22H2,2-3H3/t26-,28+/m0/s1. The molecule has 0 bridgehead atoms. The van der Waals surface area contributed by atoms with Crippen LogP contribution in [0.15, 0.2) is 104 Å². The molecule has 3 aromatic carbocycles. The molecule has 0 amide bonds. The predicted octanol–water partition coefficient (Wildman–Crippen LogP) is 5.45. The molecule has 3 aromatic rings. The van der Waals surface area contributed by atoms with Gasteiger partial charge in [-0.1, -0.05) is 97.1 Å². The van der Waals surface area contributed by atoms with Crippen LogP contribution in [0, 0.1) is 0 Å². The van der Waals surface area contributed by atoms with Crippen LogP contribution in [-0.2, 0) is 19.8 Å². The van der Waals surface area contributed by atoms with Gasteiger partial charge in [-0.2, -0.15) is 0 Å². The third-order valence-corrected chi connectivity index (χ3v) is 6.19. The summed E-state index contributed by atoms with van der Waals surface area (Å²) in [5, 5.41) is 11.7. The third kappa shape index (κ3) is 4.80. The maximum absolute atomic E-state index is 11.7. The van der Waals surface area contributed by atoms with Crippen molar-refractivity contribution in [2.45, 2.75) is 43.4 Å². The zero-order valence-electron chi connectivity index (χ0n) is 19.3. The van der Waals surface area contributed by atoms with Crippen LogP contribution in [-0.4, -0.2) is 35.8 Å². The summed E-state index contributed by atoms with van der Waals surface area (Å²) in [4.78, 5) is 0. The summed E-state index contributed by atoms with van der Waals surface area (Å²) < 4.78 is 18.7. The first-order valence-corrected chi connectivity index (χ1v) is 11.4. The lowest BCUT2D eigenvalue weighted by atomic mass is 9.79. The highest BCUT2D eigenvalue weighted by Gasteiger charge is 2.48. The van der Waals surface area contributed by atoms with E-state index in [1.165, 1.54) is 0 Å². The normalized spacial score (nSPS) is 19.7. The van der Waals surface area contributed by atoms with Crippen LogP contribution in [0.2, 0.25) is 0 Å². The number of hydrogen-bond acceptors (Lipinski definition) is 4. The van der Waals surface area contributed by atoms with Crippen molar-refractivity contribution < 1.29 is 19.3 Å². The van der Waals surface area contributed by atoms with Gasteiger partial charge in [-0.15, -0.1) is 6.58 Å². The summed E-state index contributed by atoms with van der Waals surface area (Å²) in [6.45, 7) is 7.88. The third-order valence-electron chi connectivity index (χ3n) is 6.19. The molecule has 1 aliphatic heterocycles. The lowest BCUT2D eigenvalue weighted by Crippen LogP contribution is -2.50. The second-order valence-corrected chi connectivity index (χ2v) is 8.98. The van der Waals surface area contributed by atoms with Crippen LogP contribution < -0.4 is 0 Å². The van der Waals surface area contributed by atoms with Crippen molar-refractivity contribution in [1.82, 2.24) is 0 Å². The van der Waals surface area contributed by atoms with Gasteiger partial charge in [0.15, 0.2) is 5.79 Å². The van der Waals surface area contributed by atoms with Crippen LogP contribution in [0.4, 0.5) is 0 Å². The van der Waals surface area contributed by atoms with Gasteiger partial charge in [-0.05, 0) is 37.0 Å². The van der Waals surface area contributed by atoms with E-state index in [2.05, 4.69) is 43.0 Å². The second-order valence-electron chi connectivity index (χ2n) is 8.98. The molecule has 0 aromatic heterocycles. The summed E-state index contributed by atoms with van der Waals surface area (Å²) >= 11 is 0. The highest BCUT2D eigenvalue weighted by molar-refractivity contribution is 5.47. The Balaban J connectivity index is 1.81. The van der Waals surface area contributed by atoms with E-state index >= 15 is 0 Å². The maximum Gasteiger partial charge on any atom is 0.163 e. The Hall–Kier alpha value is -2.76. The fraction of sp³-hybridized carbons (Fsp3) is 0.310. The Morgan fingerprint density at radius 2 is 1.36 bits per heavy atom. The predicted molar refractivity (Wildman–Crippen MR) is 130 cm³/mol. The molecule has 1 fully saturated rings. The molecule has 4 nitrogen and oxygen atoms in total. The van der Waals surface area contributed by atoms with Gasteiger partial charge in [0.25, 0.3) is 0 Å². The van der Waals surface area contributed by atoms with E-state index in [1.807, 2.05) is 68.4 Å². The molecular weight excluding hydrogens is 412 g/mol. The molecule has 4 heteroatoms. The van der Waals surface area contributed by atoms with Crippen molar-refractivity contribution in [2.24, 2.45) is 0 Å². The molecule has 1 N–H and O–H groups in total. The Labute approximate surface area is 196 Å². The Bertz CT molecular complexity index is 936. The Kier molecular flexibility index (Phi) is 6.82. The van der Waals surface area contributed by atoms with Crippen molar-refractivity contribution in [3.63, 3.8) is 0 Å². The lowest BCUT2D eigenvalue weighted by molar-refractivity contribution is -0.189. The van der Waals surface area contributed by atoms with Crippen LogP contribution in [0.5, 0.6) is 0 Å². The zero-order chi connectivity index (χ0) is 23.4. The topological polar surface area (TPSA) is 47.9 Å². The highest BCUT2D eigenvalue weighted by atomic mass is 16.7. The van der Waals surface area contributed by atoms with E-state index in [0.29, 0.717) is 6.42 Å². The second kappa shape index (κ2) is 9.62. The summed E-state index contributed by atoms with van der Waals surface area (Å²) in [7, 11) is 0. The Morgan fingerprint density at radius 1 is 0.909 bits per heavy atom. The summed E-state index contributed by atoms with van der Waals surface area (Å²) in [5.41, 5.74) is 0.708. The molecule has 1 aliphatic rings. The first-order chi connectivity index (χ1) is 15.9. The van der Waals surface area contributed by atoms with Crippen LogP contribution in [0.3, 0.4) is 0 Å². The quantitative estimate of drug-likeness (QED) is 0.352. The van der Waals surface area contributed by atoms with E-state index in [-0.39, 0.29) is 13.2 Å². The minimum atomic E-state index is -1.31. The van der Waals surface area contributed by atoms with Crippen molar-refractivity contribution in [3.05, 3.63) is 120 Å². The Morgan fingerprint density at radius 3 is 1.73 bits per heavy atom. The van der Waals surface area contributed by atoms with E-state index < -0.39 is 23.1 Å². The van der Waals surface area contributed by atoms with Gasteiger partial charge in [0.2, 0.25) is 0 Å². The van der Waals surface area contributed by atoms with E-state index in [1.54, 1.807) is 6.08 Å². The molecule has 1 saturated heterocycles. The van der Waals surface area contributed by atoms with Crippen LogP contribution in [0.1, 0.15) is 37.0 Å². The number of hydrogen-bond donors (Lipinski definition) is 1. The summed E-state index contributed by atoms with van der Waals surface area (Å²) in [5.74, 6) is -0.755. The van der Waals surface area contributed by atoms with E-state index in [4.69, 9.17) is 14.2 Å². The molecule has 0 saturated carbocycles. The summed E-state index contributed by atoms with van der Waals surface area (Å²) in [6.07, 6.45) is 1.48. The van der Waals surface area contributed by atoms with Gasteiger partial charge in [0.1, 0.15) is 17.3 Å². The van der Waals surface area contributed by atoms with Crippen LogP contribution in [0.25, 0.3) is 0 Å². The van der Waals surface area contributed by atoms with Crippen molar-refractivity contribution in [2.75, 3.05) is 13.2 Å². The van der Waals surface area contributed by atoms with Gasteiger partial charge >= 0.3 is 0 Å². The molecule has 1 heterocycles. The van der Waals surface area contributed by atoms with Crippen molar-refractivity contribution >= 4 is 0 Å². The number of rotatable bonds is 9. The minimum Gasteiger partial charge on any atom is -0.384 e. The van der Waals surface area contributed by atoms with Gasteiger partial charge in [0.05, 0.1) is 13.2 Å². The first-order valence-electron chi connectivity index (χ1n) is 11.4. The maximum atomic E-state index is 11.7. The monoisotopic (exact) mass is 444 g/mol. The van der Waals surface area contributed by atoms with Gasteiger partial charge in [-0.3, -0.25) is 0 Å². The molecule has 33 heavy (non-hydrogen) atoms. The van der Waals surface area contributed by atoms with E-state index in [9.17, 15) is 5.11 Å². The van der Waals surface area contributed by atoms with E-state index in [0.717, 1.165) is 16.7 Å². The van der Waals surface area contributed by atoms with Crippen molar-refractivity contribution in [1.29, 1.82) is 0 Å². The fourth-order valence-electron chi connectivity index (χ4n) is 4.49. The SMILES string of the molecule is C=CC[C@@](O)(COC(c1ccccc1)(c1ccccc1)c1ccccc1)[C@@H]1COC(C)(C)O1. The first kappa shape index (κ1) is 23.4. The van der Waals surface area contributed by atoms with Crippen molar-refractivity contribution in [3.8, 4) is 0 Å². The average molecular weight is 445 g/mol. The van der Waals surface area contributed by atoms with Crippen LogP contribution >= 0.6 is 0 Å². The summed E-state index contributed by atoms with van der Waals surface area (Å²) in [6, 6.07) is 30.4. The molecule has 0 unspecified atom stereocenters. The molecule has 172 valence electrons. The largest absolute Gasteiger partial charge is 0.384 e. The molecular formula is C29H32O4. The number of ether oxygens (including phenoxy) is 3. The smallest absolute Gasteiger partial charge is 0.163 e. The minimum absolute atomic E-state index is 0.0296. The molecule has 0 radical (unpaired) electrons. The van der Waals surface area contributed by atoms with Gasteiger partial charge < -0.3 is 19.3 Å². The van der Waals surface area contributed by atoms with Gasteiger partial charge in [-0.25, -0.2) is 0 Å². The number of aliphatic hydroxyl groups is 1. The molecule has 0 aliphatic carbocycles. The zero-order valence-corrected chi connectivity index (χ0v) is 19.3. The fourth-order valence-corrected chi connectivity index (χ4v) is 4.49. The highest BCUT2D eigenvalue weighted by Crippen LogP contribution is 2.42. The number of benzene rings is 3. The molecule has 4 rings (SSSR count). The average Bonchev–Trinajstić information content (AvgIpc) is 3.22. The lowest BCUT2D eigenvalue weighted by Gasteiger charge is -2.40.